The van der Waals surface area contributed by atoms with E-state index < -0.39 is 0 Å². The molecule has 1 saturated heterocycles. The molecule has 5 nitrogen and oxygen atoms in total. The van der Waals surface area contributed by atoms with Gasteiger partial charge in [-0.05, 0) is 31.9 Å². The molecule has 3 rings (SSSR count). The van der Waals surface area contributed by atoms with Crippen LogP contribution in [0.3, 0.4) is 0 Å². The van der Waals surface area contributed by atoms with Gasteiger partial charge in [0.2, 0.25) is 0 Å². The van der Waals surface area contributed by atoms with Gasteiger partial charge >= 0.3 is 0 Å². The van der Waals surface area contributed by atoms with E-state index in [2.05, 4.69) is 10.1 Å². The van der Waals surface area contributed by atoms with Crippen LogP contribution in [0.15, 0.2) is 24.4 Å². The summed E-state index contributed by atoms with van der Waals surface area (Å²) in [5, 5.41) is 4.96. The highest BCUT2D eigenvalue weighted by atomic mass is 35.5. The fraction of sp³-hybridized carbons (Fsp3) is 0.400. The Bertz CT molecular complexity index is 668. The summed E-state index contributed by atoms with van der Waals surface area (Å²) in [6.07, 6.45) is 3.51. The largest absolute Gasteiger partial charge is 0.330 e. The zero-order valence-corrected chi connectivity index (χ0v) is 12.8. The van der Waals surface area contributed by atoms with E-state index in [4.69, 9.17) is 11.6 Å². The van der Waals surface area contributed by atoms with Gasteiger partial charge < -0.3 is 4.90 Å². The van der Waals surface area contributed by atoms with Crippen LogP contribution in [0.25, 0.3) is 0 Å². The Kier molecular flexibility index (Phi) is 3.68. The number of aromatic nitrogens is 3. The number of pyridine rings is 1. The molecule has 1 fully saturated rings. The Hall–Kier alpha value is -1.88. The maximum atomic E-state index is 12.7. The van der Waals surface area contributed by atoms with Crippen molar-refractivity contribution < 1.29 is 4.79 Å². The molecule has 0 saturated carbocycles. The Labute approximate surface area is 128 Å². The first-order valence-corrected chi connectivity index (χ1v) is 7.38. The Balaban J connectivity index is 1.94. The first kappa shape index (κ1) is 14.1. The van der Waals surface area contributed by atoms with Crippen LogP contribution >= 0.6 is 11.6 Å². The van der Waals surface area contributed by atoms with Crippen LogP contribution in [-0.4, -0.2) is 32.1 Å². The minimum atomic E-state index is -0.0441. The van der Waals surface area contributed by atoms with E-state index in [1.54, 1.807) is 23.0 Å². The summed E-state index contributed by atoms with van der Waals surface area (Å²) < 4.78 is 1.66. The SMILES string of the molecule is Cc1nn(C)c(Cl)c1[C@@H]1CCCN1C(=O)c1ccccn1. The van der Waals surface area contributed by atoms with Gasteiger partial charge in [0.05, 0.1) is 11.7 Å². The number of carbonyl (C=O) groups excluding carboxylic acids is 1. The molecule has 0 bridgehead atoms. The second kappa shape index (κ2) is 5.48. The molecule has 21 heavy (non-hydrogen) atoms. The number of amides is 1. The lowest BCUT2D eigenvalue weighted by Gasteiger charge is -2.24. The average Bonchev–Trinajstić information content (AvgIpc) is 3.05. The lowest BCUT2D eigenvalue weighted by atomic mass is 10.1. The number of likely N-dealkylation sites (tertiary alicyclic amines) is 1. The van der Waals surface area contributed by atoms with Crippen LogP contribution in [-0.2, 0) is 7.05 Å². The molecule has 2 aromatic rings. The number of nitrogens with zero attached hydrogens (tertiary/aromatic N) is 4. The van der Waals surface area contributed by atoms with E-state index in [0.717, 1.165) is 30.6 Å². The maximum absolute atomic E-state index is 12.7. The summed E-state index contributed by atoms with van der Waals surface area (Å²) in [6.45, 7) is 2.66. The van der Waals surface area contributed by atoms with Crippen LogP contribution in [0.2, 0.25) is 5.15 Å². The highest BCUT2D eigenvalue weighted by Gasteiger charge is 2.34. The maximum Gasteiger partial charge on any atom is 0.272 e. The molecular weight excluding hydrogens is 288 g/mol. The smallest absolute Gasteiger partial charge is 0.272 e. The Morgan fingerprint density at radius 1 is 1.43 bits per heavy atom. The first-order chi connectivity index (χ1) is 10.1. The molecule has 0 spiro atoms. The summed E-state index contributed by atoms with van der Waals surface area (Å²) >= 11 is 6.36. The predicted molar refractivity (Wildman–Crippen MR) is 80.2 cm³/mol. The molecule has 1 atom stereocenters. The van der Waals surface area contributed by atoms with Crippen molar-refractivity contribution in [1.82, 2.24) is 19.7 Å². The molecule has 0 radical (unpaired) electrons. The molecule has 2 aromatic heterocycles. The number of hydrogen-bond acceptors (Lipinski definition) is 3. The Morgan fingerprint density at radius 2 is 2.24 bits per heavy atom. The number of aryl methyl sites for hydroxylation is 2. The van der Waals surface area contributed by atoms with Crippen LogP contribution < -0.4 is 0 Å². The average molecular weight is 305 g/mol. The third-order valence-corrected chi connectivity index (χ3v) is 4.38. The highest BCUT2D eigenvalue weighted by molar-refractivity contribution is 6.30. The number of halogens is 1. The van der Waals surface area contributed by atoms with Crippen molar-refractivity contribution in [2.75, 3.05) is 6.54 Å². The van der Waals surface area contributed by atoms with Gasteiger partial charge in [-0.2, -0.15) is 5.10 Å². The fourth-order valence-corrected chi connectivity index (χ4v) is 3.27. The standard InChI is InChI=1S/C15H17ClN4O/c1-10-13(14(16)19(2)18-10)12-7-5-9-20(12)15(21)11-6-3-4-8-17-11/h3-4,6,8,12H,5,7,9H2,1-2H3/t12-/m0/s1. The van der Waals surface area contributed by atoms with Gasteiger partial charge in [-0.15, -0.1) is 0 Å². The van der Waals surface area contributed by atoms with Crippen molar-refractivity contribution in [3.63, 3.8) is 0 Å². The summed E-state index contributed by atoms with van der Waals surface area (Å²) in [5.74, 6) is -0.0441. The molecule has 0 unspecified atom stereocenters. The molecule has 3 heterocycles. The van der Waals surface area contributed by atoms with Gasteiger partial charge in [0.15, 0.2) is 0 Å². The monoisotopic (exact) mass is 304 g/mol. The summed E-state index contributed by atoms with van der Waals surface area (Å²) in [7, 11) is 1.82. The van der Waals surface area contributed by atoms with Crippen LogP contribution in [0, 0.1) is 6.92 Å². The zero-order valence-electron chi connectivity index (χ0n) is 12.1. The van der Waals surface area contributed by atoms with Gasteiger partial charge in [-0.3, -0.25) is 14.5 Å². The molecule has 1 amide bonds. The summed E-state index contributed by atoms with van der Waals surface area (Å²) in [6, 6.07) is 5.37. The van der Waals surface area contributed by atoms with Crippen LogP contribution in [0.4, 0.5) is 0 Å². The van der Waals surface area contributed by atoms with Crippen molar-refractivity contribution >= 4 is 17.5 Å². The Morgan fingerprint density at radius 3 is 2.86 bits per heavy atom. The van der Waals surface area contributed by atoms with Gasteiger partial charge in [0.1, 0.15) is 10.8 Å². The van der Waals surface area contributed by atoms with E-state index in [1.807, 2.05) is 24.9 Å². The van der Waals surface area contributed by atoms with E-state index in [9.17, 15) is 4.79 Å². The molecule has 1 aliphatic rings. The van der Waals surface area contributed by atoms with Crippen LogP contribution in [0.1, 0.15) is 40.6 Å². The number of hydrogen-bond donors (Lipinski definition) is 0. The predicted octanol–water partition coefficient (Wildman–Crippen LogP) is 2.75. The van der Waals surface area contributed by atoms with Gasteiger partial charge in [-0.25, -0.2) is 0 Å². The summed E-state index contributed by atoms with van der Waals surface area (Å²) in [5.41, 5.74) is 2.32. The van der Waals surface area contributed by atoms with E-state index in [1.165, 1.54) is 0 Å². The van der Waals surface area contributed by atoms with Crippen LogP contribution in [0.5, 0.6) is 0 Å². The molecule has 0 aliphatic carbocycles. The van der Waals surface area contributed by atoms with E-state index >= 15 is 0 Å². The number of rotatable bonds is 2. The first-order valence-electron chi connectivity index (χ1n) is 7.00. The van der Waals surface area contributed by atoms with E-state index in [-0.39, 0.29) is 11.9 Å². The lowest BCUT2D eigenvalue weighted by molar-refractivity contribution is 0.0729. The molecular formula is C15H17ClN4O. The van der Waals surface area contributed by atoms with Gasteiger partial charge in [-0.1, -0.05) is 17.7 Å². The minimum absolute atomic E-state index is 0.0132. The fourth-order valence-electron chi connectivity index (χ4n) is 2.97. The van der Waals surface area contributed by atoms with Crippen molar-refractivity contribution in [2.45, 2.75) is 25.8 Å². The lowest BCUT2D eigenvalue weighted by Crippen LogP contribution is -2.31. The topological polar surface area (TPSA) is 51.0 Å². The number of carbonyl (C=O) groups is 1. The van der Waals surface area contributed by atoms with Gasteiger partial charge in [0.25, 0.3) is 5.91 Å². The zero-order chi connectivity index (χ0) is 15.0. The normalized spacial score (nSPS) is 18.2. The molecule has 0 N–H and O–H groups in total. The molecule has 1 aliphatic heterocycles. The van der Waals surface area contributed by atoms with Crippen molar-refractivity contribution in [2.24, 2.45) is 7.05 Å². The highest BCUT2D eigenvalue weighted by Crippen LogP contribution is 2.38. The quantitative estimate of drug-likeness (QED) is 0.857. The van der Waals surface area contributed by atoms with Crippen molar-refractivity contribution in [1.29, 1.82) is 0 Å². The second-order valence-electron chi connectivity index (χ2n) is 5.29. The van der Waals surface area contributed by atoms with E-state index in [0.29, 0.717) is 10.8 Å². The van der Waals surface area contributed by atoms with Crippen molar-refractivity contribution in [3.8, 4) is 0 Å². The third-order valence-electron chi connectivity index (χ3n) is 3.93. The molecule has 6 heteroatoms. The van der Waals surface area contributed by atoms with Gasteiger partial charge in [0, 0.05) is 25.4 Å². The van der Waals surface area contributed by atoms with Crippen molar-refractivity contribution in [3.05, 3.63) is 46.5 Å². The minimum Gasteiger partial charge on any atom is -0.330 e. The molecule has 0 aromatic carbocycles. The second-order valence-corrected chi connectivity index (χ2v) is 5.64. The summed E-state index contributed by atoms with van der Waals surface area (Å²) in [4.78, 5) is 18.7. The third kappa shape index (κ3) is 2.42. The molecule has 110 valence electrons.